The highest BCUT2D eigenvalue weighted by Crippen LogP contribution is 2.24. The number of esters is 1. The number of piperidine rings is 1. The van der Waals surface area contributed by atoms with Crippen molar-refractivity contribution in [2.24, 2.45) is 5.73 Å². The summed E-state index contributed by atoms with van der Waals surface area (Å²) in [5.41, 5.74) is 6.30. The number of methoxy groups -OCH3 is 1. The summed E-state index contributed by atoms with van der Waals surface area (Å²) in [5.74, 6) is -0.515. The molecular formula is C12H17BrN4O3. The number of hydrogen-bond acceptors (Lipinski definition) is 6. The molecule has 1 atom stereocenters. The van der Waals surface area contributed by atoms with Crippen LogP contribution < -0.4 is 16.2 Å². The second kappa shape index (κ2) is 6.36. The molecule has 1 aromatic rings. The molecule has 8 heteroatoms. The lowest BCUT2D eigenvalue weighted by Crippen LogP contribution is -2.43. The fraction of sp³-hybridized carbons (Fsp3) is 0.583. The summed E-state index contributed by atoms with van der Waals surface area (Å²) in [6.07, 6.45) is 3.55. The van der Waals surface area contributed by atoms with Gasteiger partial charge in [-0.25, -0.2) is 4.68 Å². The van der Waals surface area contributed by atoms with E-state index in [4.69, 9.17) is 5.73 Å². The quantitative estimate of drug-likeness (QED) is 0.782. The van der Waals surface area contributed by atoms with Gasteiger partial charge < -0.3 is 15.4 Å². The smallest absolute Gasteiger partial charge is 0.327 e. The molecule has 1 aromatic heterocycles. The van der Waals surface area contributed by atoms with Crippen LogP contribution in [0.3, 0.4) is 0 Å². The third-order valence-electron chi connectivity index (χ3n) is 3.27. The molecule has 0 bridgehead atoms. The van der Waals surface area contributed by atoms with E-state index in [9.17, 15) is 9.59 Å². The number of anilines is 1. The summed E-state index contributed by atoms with van der Waals surface area (Å²) in [7, 11) is 1.27. The highest BCUT2D eigenvalue weighted by molar-refractivity contribution is 9.10. The third kappa shape index (κ3) is 3.18. The molecule has 0 aromatic carbocycles. The Bertz CT molecular complexity index is 560. The minimum Gasteiger partial charge on any atom is -0.468 e. The van der Waals surface area contributed by atoms with E-state index in [0.717, 1.165) is 24.1 Å². The average molecular weight is 345 g/mol. The zero-order chi connectivity index (χ0) is 14.7. The van der Waals surface area contributed by atoms with Crippen LogP contribution in [0.4, 0.5) is 5.69 Å². The standard InChI is InChI=1S/C12H17BrN4O3/c1-20-10(18)7-17-12(19)11(13)9(5-15-17)16-4-2-3-8(14)6-16/h5,8H,2-4,6-7,14H2,1H3/t8-/m1/s1. The van der Waals surface area contributed by atoms with Gasteiger partial charge in [0.1, 0.15) is 11.0 Å². The highest BCUT2D eigenvalue weighted by Gasteiger charge is 2.21. The van der Waals surface area contributed by atoms with Gasteiger partial charge in [-0.15, -0.1) is 0 Å². The summed E-state index contributed by atoms with van der Waals surface area (Å²) < 4.78 is 6.00. The van der Waals surface area contributed by atoms with Crippen molar-refractivity contribution in [2.45, 2.75) is 25.4 Å². The molecule has 1 aliphatic rings. The normalized spacial score (nSPS) is 18.9. The fourth-order valence-electron chi connectivity index (χ4n) is 2.21. The van der Waals surface area contributed by atoms with E-state index in [0.29, 0.717) is 16.7 Å². The molecule has 110 valence electrons. The van der Waals surface area contributed by atoms with Gasteiger partial charge in [0.15, 0.2) is 0 Å². The highest BCUT2D eigenvalue weighted by atomic mass is 79.9. The van der Waals surface area contributed by atoms with E-state index in [1.807, 2.05) is 4.90 Å². The Labute approximate surface area is 124 Å². The van der Waals surface area contributed by atoms with Crippen LogP contribution in [-0.4, -0.2) is 42.0 Å². The Morgan fingerprint density at radius 2 is 2.40 bits per heavy atom. The van der Waals surface area contributed by atoms with Gasteiger partial charge >= 0.3 is 5.97 Å². The van der Waals surface area contributed by atoms with Crippen LogP contribution in [0.2, 0.25) is 0 Å². The van der Waals surface area contributed by atoms with Crippen molar-refractivity contribution in [3.05, 3.63) is 21.0 Å². The van der Waals surface area contributed by atoms with Gasteiger partial charge in [0.25, 0.3) is 5.56 Å². The number of hydrogen-bond donors (Lipinski definition) is 1. The van der Waals surface area contributed by atoms with Crippen molar-refractivity contribution in [1.82, 2.24) is 9.78 Å². The lowest BCUT2D eigenvalue weighted by Gasteiger charge is -2.32. The first kappa shape index (κ1) is 15.0. The minimum atomic E-state index is -0.515. The number of aromatic nitrogens is 2. The van der Waals surface area contributed by atoms with Gasteiger partial charge in [0.2, 0.25) is 0 Å². The van der Waals surface area contributed by atoms with Crippen LogP contribution >= 0.6 is 15.9 Å². The first-order valence-electron chi connectivity index (χ1n) is 6.36. The predicted molar refractivity (Wildman–Crippen MR) is 77.6 cm³/mol. The Balaban J connectivity index is 2.26. The van der Waals surface area contributed by atoms with Gasteiger partial charge in [-0.3, -0.25) is 9.59 Å². The maximum Gasteiger partial charge on any atom is 0.327 e. The SMILES string of the molecule is COC(=O)Cn1ncc(N2CCC[C@@H](N)C2)c(Br)c1=O. The third-order valence-corrected chi connectivity index (χ3v) is 4.02. The molecule has 0 unspecified atom stereocenters. The molecule has 0 aliphatic carbocycles. The van der Waals surface area contributed by atoms with Crippen molar-refractivity contribution < 1.29 is 9.53 Å². The van der Waals surface area contributed by atoms with Gasteiger partial charge in [-0.05, 0) is 28.8 Å². The number of halogens is 1. The number of ether oxygens (including phenoxy) is 1. The number of nitrogens with two attached hydrogens (primary N) is 1. The minimum absolute atomic E-state index is 0.105. The summed E-state index contributed by atoms with van der Waals surface area (Å²) in [6, 6.07) is 0.105. The summed E-state index contributed by atoms with van der Waals surface area (Å²) in [4.78, 5) is 25.4. The topological polar surface area (TPSA) is 90.5 Å². The van der Waals surface area contributed by atoms with E-state index < -0.39 is 5.97 Å². The zero-order valence-electron chi connectivity index (χ0n) is 11.2. The molecule has 0 saturated carbocycles. The summed E-state index contributed by atoms with van der Waals surface area (Å²) >= 11 is 3.29. The van der Waals surface area contributed by atoms with E-state index in [2.05, 4.69) is 25.8 Å². The average Bonchev–Trinajstić information content (AvgIpc) is 2.44. The van der Waals surface area contributed by atoms with Crippen LogP contribution in [-0.2, 0) is 16.1 Å². The molecule has 2 heterocycles. The Morgan fingerprint density at radius 1 is 1.65 bits per heavy atom. The molecule has 2 N–H and O–H groups in total. The van der Waals surface area contributed by atoms with E-state index in [1.54, 1.807) is 6.20 Å². The molecule has 20 heavy (non-hydrogen) atoms. The van der Waals surface area contributed by atoms with Crippen LogP contribution in [0.15, 0.2) is 15.5 Å². The Hall–Kier alpha value is -1.41. The lowest BCUT2D eigenvalue weighted by molar-refractivity contribution is -0.141. The molecule has 7 nitrogen and oxygen atoms in total. The Morgan fingerprint density at radius 3 is 3.05 bits per heavy atom. The maximum absolute atomic E-state index is 12.2. The Kier molecular flexibility index (Phi) is 4.77. The van der Waals surface area contributed by atoms with Crippen molar-refractivity contribution in [1.29, 1.82) is 0 Å². The second-order valence-electron chi connectivity index (χ2n) is 4.73. The number of rotatable bonds is 3. The molecule has 2 rings (SSSR count). The van der Waals surface area contributed by atoms with Gasteiger partial charge in [-0.2, -0.15) is 5.10 Å². The lowest BCUT2D eigenvalue weighted by atomic mass is 10.1. The molecule has 1 saturated heterocycles. The van der Waals surface area contributed by atoms with Gasteiger partial charge in [0.05, 0.1) is 19.0 Å². The van der Waals surface area contributed by atoms with Gasteiger partial charge in [-0.1, -0.05) is 0 Å². The van der Waals surface area contributed by atoms with Crippen molar-refractivity contribution in [3.63, 3.8) is 0 Å². The summed E-state index contributed by atoms with van der Waals surface area (Å²) in [6.45, 7) is 1.34. The van der Waals surface area contributed by atoms with Crippen molar-refractivity contribution >= 4 is 27.6 Å². The number of carbonyl (C=O) groups excluding carboxylic acids is 1. The van der Waals surface area contributed by atoms with E-state index >= 15 is 0 Å². The van der Waals surface area contributed by atoms with Crippen molar-refractivity contribution in [3.8, 4) is 0 Å². The maximum atomic E-state index is 12.2. The second-order valence-corrected chi connectivity index (χ2v) is 5.52. The predicted octanol–water partition coefficient (Wildman–Crippen LogP) is 0.106. The zero-order valence-corrected chi connectivity index (χ0v) is 12.8. The van der Waals surface area contributed by atoms with Crippen molar-refractivity contribution in [2.75, 3.05) is 25.1 Å². The summed E-state index contributed by atoms with van der Waals surface area (Å²) in [5, 5.41) is 4.02. The first-order valence-corrected chi connectivity index (χ1v) is 7.15. The van der Waals surface area contributed by atoms with Crippen LogP contribution in [0.5, 0.6) is 0 Å². The van der Waals surface area contributed by atoms with Crippen LogP contribution in [0, 0.1) is 0 Å². The van der Waals surface area contributed by atoms with E-state index in [-0.39, 0.29) is 18.1 Å². The number of carbonyl (C=O) groups is 1. The molecule has 0 spiro atoms. The van der Waals surface area contributed by atoms with Gasteiger partial charge in [0, 0.05) is 19.1 Å². The monoisotopic (exact) mass is 344 g/mol. The molecule has 1 aliphatic heterocycles. The molecular weight excluding hydrogens is 328 g/mol. The first-order chi connectivity index (χ1) is 9.52. The number of nitrogens with zero attached hydrogens (tertiary/aromatic N) is 3. The molecule has 0 amide bonds. The van der Waals surface area contributed by atoms with Crippen LogP contribution in [0.1, 0.15) is 12.8 Å². The molecule has 0 radical (unpaired) electrons. The fourth-order valence-corrected chi connectivity index (χ4v) is 2.76. The molecule has 1 fully saturated rings. The van der Waals surface area contributed by atoms with E-state index in [1.165, 1.54) is 7.11 Å². The largest absolute Gasteiger partial charge is 0.468 e. The van der Waals surface area contributed by atoms with Crippen LogP contribution in [0.25, 0.3) is 0 Å².